The van der Waals surface area contributed by atoms with E-state index in [1.165, 1.54) is 4.68 Å². The standard InChI is InChI=1S/C11H14N4O/c1-7(2)16-11-10(8(3)5-12)9(6-13)15(4)14-11/h5,7,12H,3H2,1-2,4H3. The number of aromatic nitrogens is 2. The topological polar surface area (TPSA) is 74.7 Å². The van der Waals surface area contributed by atoms with Crippen LogP contribution >= 0.6 is 0 Å². The number of hydrogen-bond acceptors (Lipinski definition) is 4. The second kappa shape index (κ2) is 4.62. The average molecular weight is 218 g/mol. The number of aryl methyl sites for hydroxylation is 1. The fourth-order valence-corrected chi connectivity index (χ4v) is 1.29. The molecule has 0 aliphatic carbocycles. The minimum absolute atomic E-state index is 0.0428. The number of rotatable bonds is 4. The zero-order valence-corrected chi connectivity index (χ0v) is 9.61. The Morgan fingerprint density at radius 3 is 2.75 bits per heavy atom. The molecular formula is C11H14N4O. The largest absolute Gasteiger partial charge is 0.473 e. The molecule has 0 fully saturated rings. The van der Waals surface area contributed by atoms with Crippen LogP contribution in [-0.4, -0.2) is 22.1 Å². The maximum absolute atomic E-state index is 9.01. The van der Waals surface area contributed by atoms with Crippen molar-refractivity contribution in [3.8, 4) is 11.9 Å². The normalized spacial score (nSPS) is 9.94. The summed E-state index contributed by atoms with van der Waals surface area (Å²) in [6.07, 6.45) is 1.05. The molecule has 0 radical (unpaired) electrons. The van der Waals surface area contributed by atoms with Crippen LogP contribution in [0.1, 0.15) is 25.1 Å². The Morgan fingerprint density at radius 2 is 2.31 bits per heavy atom. The van der Waals surface area contributed by atoms with Crippen molar-refractivity contribution in [1.82, 2.24) is 9.78 Å². The first-order valence-electron chi connectivity index (χ1n) is 4.84. The maximum atomic E-state index is 9.01. The number of nitrogens with zero attached hydrogens (tertiary/aromatic N) is 3. The van der Waals surface area contributed by atoms with Crippen LogP contribution in [0.4, 0.5) is 0 Å². The fraction of sp³-hybridized carbons (Fsp3) is 0.364. The fourth-order valence-electron chi connectivity index (χ4n) is 1.29. The van der Waals surface area contributed by atoms with Gasteiger partial charge < -0.3 is 10.1 Å². The molecule has 16 heavy (non-hydrogen) atoms. The Kier molecular flexibility index (Phi) is 3.46. The van der Waals surface area contributed by atoms with E-state index >= 15 is 0 Å². The first-order chi connectivity index (χ1) is 7.51. The first-order valence-corrected chi connectivity index (χ1v) is 4.84. The summed E-state index contributed by atoms with van der Waals surface area (Å²) in [5.74, 6) is 0.350. The molecule has 1 aromatic heterocycles. The Hall–Kier alpha value is -2.09. The number of nitrogens with one attached hydrogen (secondary N) is 1. The summed E-state index contributed by atoms with van der Waals surface area (Å²) in [4.78, 5) is 0. The van der Waals surface area contributed by atoms with Gasteiger partial charge in [0.05, 0.1) is 11.7 Å². The highest BCUT2D eigenvalue weighted by molar-refractivity contribution is 6.09. The van der Waals surface area contributed by atoms with Gasteiger partial charge in [0.15, 0.2) is 0 Å². The highest BCUT2D eigenvalue weighted by atomic mass is 16.5. The molecule has 84 valence electrons. The number of ether oxygens (including phenoxy) is 1. The summed E-state index contributed by atoms with van der Waals surface area (Å²) in [6.45, 7) is 7.45. The van der Waals surface area contributed by atoms with Crippen LogP contribution in [0.15, 0.2) is 6.58 Å². The lowest BCUT2D eigenvalue weighted by Crippen LogP contribution is -2.07. The third kappa shape index (κ3) is 2.11. The molecule has 5 heteroatoms. The van der Waals surface area contributed by atoms with Gasteiger partial charge in [-0.3, -0.25) is 4.68 Å². The van der Waals surface area contributed by atoms with E-state index in [4.69, 9.17) is 15.4 Å². The highest BCUT2D eigenvalue weighted by Gasteiger charge is 2.19. The van der Waals surface area contributed by atoms with Gasteiger partial charge in [-0.25, -0.2) is 0 Å². The molecule has 0 amide bonds. The average Bonchev–Trinajstić information content (AvgIpc) is 2.52. The van der Waals surface area contributed by atoms with Crippen molar-refractivity contribution in [2.45, 2.75) is 20.0 Å². The molecule has 0 unspecified atom stereocenters. The van der Waals surface area contributed by atoms with E-state index in [0.717, 1.165) is 6.21 Å². The Morgan fingerprint density at radius 1 is 1.69 bits per heavy atom. The summed E-state index contributed by atoms with van der Waals surface area (Å²) in [5, 5.41) is 20.3. The van der Waals surface area contributed by atoms with E-state index in [1.54, 1.807) is 7.05 Å². The minimum atomic E-state index is -0.0428. The van der Waals surface area contributed by atoms with Gasteiger partial charge in [0.1, 0.15) is 11.8 Å². The molecular weight excluding hydrogens is 204 g/mol. The third-order valence-electron chi connectivity index (χ3n) is 1.96. The van der Waals surface area contributed by atoms with Crippen molar-refractivity contribution in [2.75, 3.05) is 0 Å². The van der Waals surface area contributed by atoms with Crippen LogP contribution < -0.4 is 4.74 Å². The highest BCUT2D eigenvalue weighted by Crippen LogP contribution is 2.27. The van der Waals surface area contributed by atoms with E-state index in [1.807, 2.05) is 19.9 Å². The van der Waals surface area contributed by atoms with Gasteiger partial charge in [0, 0.05) is 18.8 Å². The van der Waals surface area contributed by atoms with E-state index in [9.17, 15) is 0 Å². The molecule has 1 heterocycles. The molecule has 0 bridgehead atoms. The van der Waals surface area contributed by atoms with Crippen LogP contribution in [0.3, 0.4) is 0 Å². The van der Waals surface area contributed by atoms with E-state index in [2.05, 4.69) is 11.7 Å². The zero-order chi connectivity index (χ0) is 12.3. The molecule has 0 spiro atoms. The van der Waals surface area contributed by atoms with Crippen molar-refractivity contribution < 1.29 is 4.74 Å². The summed E-state index contributed by atoms with van der Waals surface area (Å²) >= 11 is 0. The summed E-state index contributed by atoms with van der Waals surface area (Å²) < 4.78 is 6.92. The molecule has 5 nitrogen and oxygen atoms in total. The summed E-state index contributed by atoms with van der Waals surface area (Å²) in [5.41, 5.74) is 1.26. The van der Waals surface area contributed by atoms with Crippen LogP contribution in [0, 0.1) is 16.7 Å². The molecule has 0 saturated heterocycles. The van der Waals surface area contributed by atoms with Gasteiger partial charge in [-0.1, -0.05) is 6.58 Å². The van der Waals surface area contributed by atoms with Gasteiger partial charge in [-0.15, -0.1) is 5.10 Å². The number of nitriles is 1. The quantitative estimate of drug-likeness (QED) is 0.782. The van der Waals surface area contributed by atoms with Crippen molar-refractivity contribution in [3.63, 3.8) is 0 Å². The summed E-state index contributed by atoms with van der Waals surface area (Å²) in [7, 11) is 1.66. The minimum Gasteiger partial charge on any atom is -0.473 e. The Balaban J connectivity index is 3.34. The molecule has 0 aromatic carbocycles. The van der Waals surface area contributed by atoms with Crippen LogP contribution in [0.25, 0.3) is 5.57 Å². The van der Waals surface area contributed by atoms with E-state index < -0.39 is 0 Å². The molecule has 0 atom stereocenters. The Labute approximate surface area is 94.5 Å². The van der Waals surface area contributed by atoms with Gasteiger partial charge in [0.2, 0.25) is 5.88 Å². The van der Waals surface area contributed by atoms with Gasteiger partial charge in [-0.2, -0.15) is 5.26 Å². The second-order valence-corrected chi connectivity index (χ2v) is 3.60. The van der Waals surface area contributed by atoms with Crippen LogP contribution in [0.2, 0.25) is 0 Å². The zero-order valence-electron chi connectivity index (χ0n) is 9.61. The van der Waals surface area contributed by atoms with Crippen LogP contribution in [-0.2, 0) is 7.05 Å². The van der Waals surface area contributed by atoms with Crippen molar-refractivity contribution >= 4 is 11.8 Å². The van der Waals surface area contributed by atoms with Crippen molar-refractivity contribution in [2.24, 2.45) is 7.05 Å². The molecule has 0 saturated carbocycles. The monoisotopic (exact) mass is 218 g/mol. The molecule has 0 aliphatic rings. The lowest BCUT2D eigenvalue weighted by Gasteiger charge is -2.08. The number of hydrogen-bond donors (Lipinski definition) is 1. The molecule has 1 aromatic rings. The van der Waals surface area contributed by atoms with Gasteiger partial charge in [-0.05, 0) is 13.8 Å². The third-order valence-corrected chi connectivity index (χ3v) is 1.96. The second-order valence-electron chi connectivity index (χ2n) is 3.60. The predicted octanol–water partition coefficient (Wildman–Crippen LogP) is 1.74. The van der Waals surface area contributed by atoms with Crippen molar-refractivity contribution in [1.29, 1.82) is 10.7 Å². The molecule has 0 aliphatic heterocycles. The first kappa shape index (κ1) is 12.0. The van der Waals surface area contributed by atoms with E-state index in [-0.39, 0.29) is 6.10 Å². The lowest BCUT2D eigenvalue weighted by molar-refractivity contribution is 0.230. The van der Waals surface area contributed by atoms with Crippen LogP contribution in [0.5, 0.6) is 5.88 Å². The van der Waals surface area contributed by atoms with E-state index in [0.29, 0.717) is 22.7 Å². The predicted molar refractivity (Wildman–Crippen MR) is 61.5 cm³/mol. The van der Waals surface area contributed by atoms with Crippen molar-refractivity contribution in [3.05, 3.63) is 17.8 Å². The van der Waals surface area contributed by atoms with Gasteiger partial charge >= 0.3 is 0 Å². The summed E-state index contributed by atoms with van der Waals surface area (Å²) in [6, 6.07) is 2.03. The SMILES string of the molecule is C=C(C=N)c1c(OC(C)C)nn(C)c1C#N. The van der Waals surface area contributed by atoms with Gasteiger partial charge in [0.25, 0.3) is 0 Å². The molecule has 1 N–H and O–H groups in total. The molecule has 1 rings (SSSR count). The maximum Gasteiger partial charge on any atom is 0.242 e. The smallest absolute Gasteiger partial charge is 0.242 e. The Bertz CT molecular complexity index is 465. The lowest BCUT2D eigenvalue weighted by atomic mass is 10.1. The number of allylic oxidation sites excluding steroid dienone is 1.